The lowest BCUT2D eigenvalue weighted by Crippen LogP contribution is -2.38. The molecular formula is C22H17ClF3N3O2. The number of aliphatic imine (C=N–C) groups is 1. The number of benzene rings is 3. The van der Waals surface area contributed by atoms with E-state index in [1.807, 2.05) is 5.48 Å². The highest BCUT2D eigenvalue weighted by atomic mass is 35.5. The van der Waals surface area contributed by atoms with Gasteiger partial charge >= 0.3 is 6.18 Å². The standard InChI is InChI=1S/C22H17ClF3N3O2/c23-16-4-8-18(9-5-16)31-19-10-6-17(7-11-19)29-20(13-27-21(29)28-30)14-2-1-3-15(12-14)22(24,25)26/h1-12,20,30H,13H2,(H,27,28). The number of anilines is 1. The zero-order chi connectivity index (χ0) is 22.0. The van der Waals surface area contributed by atoms with Crippen LogP contribution in [0.4, 0.5) is 18.9 Å². The molecule has 0 amide bonds. The summed E-state index contributed by atoms with van der Waals surface area (Å²) in [7, 11) is 0. The van der Waals surface area contributed by atoms with E-state index >= 15 is 0 Å². The predicted octanol–water partition coefficient (Wildman–Crippen LogP) is 6.05. The van der Waals surface area contributed by atoms with Gasteiger partial charge in [0.1, 0.15) is 11.5 Å². The van der Waals surface area contributed by atoms with Gasteiger partial charge in [0.2, 0.25) is 5.96 Å². The van der Waals surface area contributed by atoms with Crippen molar-refractivity contribution in [2.75, 3.05) is 11.4 Å². The van der Waals surface area contributed by atoms with Gasteiger partial charge in [0.25, 0.3) is 0 Å². The molecule has 160 valence electrons. The van der Waals surface area contributed by atoms with Crippen LogP contribution in [-0.2, 0) is 6.18 Å². The van der Waals surface area contributed by atoms with Gasteiger partial charge in [-0.2, -0.15) is 13.2 Å². The molecule has 31 heavy (non-hydrogen) atoms. The zero-order valence-electron chi connectivity index (χ0n) is 16.0. The van der Waals surface area contributed by atoms with Crippen LogP contribution in [0, 0.1) is 0 Å². The molecule has 0 radical (unpaired) electrons. The number of nitrogens with zero attached hydrogens (tertiary/aromatic N) is 2. The van der Waals surface area contributed by atoms with Crippen molar-refractivity contribution in [1.82, 2.24) is 5.48 Å². The van der Waals surface area contributed by atoms with Crippen LogP contribution < -0.4 is 15.1 Å². The second-order valence-corrected chi connectivity index (χ2v) is 7.27. The fraction of sp³-hybridized carbons (Fsp3) is 0.136. The van der Waals surface area contributed by atoms with Crippen LogP contribution in [0.25, 0.3) is 0 Å². The first-order chi connectivity index (χ1) is 14.8. The van der Waals surface area contributed by atoms with Crippen LogP contribution in [0.3, 0.4) is 0 Å². The van der Waals surface area contributed by atoms with Crippen LogP contribution >= 0.6 is 11.6 Å². The van der Waals surface area contributed by atoms with E-state index in [9.17, 15) is 18.4 Å². The summed E-state index contributed by atoms with van der Waals surface area (Å²) < 4.78 is 45.2. The van der Waals surface area contributed by atoms with Gasteiger partial charge in [0, 0.05) is 10.7 Å². The molecule has 0 spiro atoms. The Labute approximate surface area is 181 Å². The number of guanidine groups is 1. The number of hydrogen-bond acceptors (Lipinski definition) is 5. The number of hydrogen-bond donors (Lipinski definition) is 2. The molecule has 4 rings (SSSR count). The van der Waals surface area contributed by atoms with E-state index in [-0.39, 0.29) is 12.5 Å². The molecule has 2 N–H and O–H groups in total. The highest BCUT2D eigenvalue weighted by Gasteiger charge is 2.34. The van der Waals surface area contributed by atoms with Crippen LogP contribution in [0.2, 0.25) is 5.02 Å². The van der Waals surface area contributed by atoms with E-state index in [4.69, 9.17) is 16.3 Å². The quantitative estimate of drug-likeness (QED) is 0.478. The van der Waals surface area contributed by atoms with Crippen molar-refractivity contribution in [2.45, 2.75) is 12.2 Å². The molecule has 5 nitrogen and oxygen atoms in total. The smallest absolute Gasteiger partial charge is 0.416 e. The van der Waals surface area contributed by atoms with Crippen molar-refractivity contribution in [2.24, 2.45) is 4.99 Å². The Hall–Kier alpha value is -3.23. The van der Waals surface area contributed by atoms with Crippen molar-refractivity contribution < 1.29 is 23.1 Å². The van der Waals surface area contributed by atoms with Gasteiger partial charge in [-0.15, -0.1) is 0 Å². The minimum absolute atomic E-state index is 0.147. The molecule has 9 heteroatoms. The molecule has 0 fully saturated rings. The fourth-order valence-electron chi connectivity index (χ4n) is 3.36. The Bertz CT molecular complexity index is 1090. The molecule has 1 aliphatic rings. The highest BCUT2D eigenvalue weighted by Crippen LogP contribution is 2.36. The minimum atomic E-state index is -4.45. The molecule has 3 aromatic rings. The largest absolute Gasteiger partial charge is 0.457 e. The Morgan fingerprint density at radius 3 is 2.26 bits per heavy atom. The lowest BCUT2D eigenvalue weighted by atomic mass is 10.0. The molecule has 0 aromatic heterocycles. The van der Waals surface area contributed by atoms with Crippen LogP contribution in [0.15, 0.2) is 77.8 Å². The summed E-state index contributed by atoms with van der Waals surface area (Å²) in [5, 5.41) is 10.1. The predicted molar refractivity (Wildman–Crippen MR) is 112 cm³/mol. The van der Waals surface area contributed by atoms with E-state index < -0.39 is 17.8 Å². The highest BCUT2D eigenvalue weighted by molar-refractivity contribution is 6.30. The van der Waals surface area contributed by atoms with Gasteiger partial charge < -0.3 is 9.64 Å². The monoisotopic (exact) mass is 447 g/mol. The van der Waals surface area contributed by atoms with E-state index in [0.717, 1.165) is 12.1 Å². The van der Waals surface area contributed by atoms with Crippen LogP contribution in [0.5, 0.6) is 11.5 Å². The third-order valence-electron chi connectivity index (χ3n) is 4.82. The lowest BCUT2D eigenvalue weighted by Gasteiger charge is -2.28. The third kappa shape index (κ3) is 4.60. The van der Waals surface area contributed by atoms with Crippen molar-refractivity contribution >= 4 is 23.2 Å². The number of hydroxylamine groups is 1. The lowest BCUT2D eigenvalue weighted by molar-refractivity contribution is -0.137. The van der Waals surface area contributed by atoms with E-state index in [2.05, 4.69) is 4.99 Å². The Morgan fingerprint density at radius 2 is 1.65 bits per heavy atom. The van der Waals surface area contributed by atoms with Crippen molar-refractivity contribution in [1.29, 1.82) is 0 Å². The maximum Gasteiger partial charge on any atom is 0.416 e. The fourth-order valence-corrected chi connectivity index (χ4v) is 3.49. The van der Waals surface area contributed by atoms with Crippen molar-refractivity contribution in [3.05, 3.63) is 88.9 Å². The number of nitrogens with one attached hydrogen (secondary N) is 1. The molecule has 0 bridgehead atoms. The molecule has 3 aromatic carbocycles. The van der Waals surface area contributed by atoms with E-state index in [1.54, 1.807) is 59.5 Å². The van der Waals surface area contributed by atoms with E-state index in [0.29, 0.717) is 27.8 Å². The van der Waals surface area contributed by atoms with Gasteiger partial charge in [0.15, 0.2) is 0 Å². The van der Waals surface area contributed by atoms with Gasteiger partial charge in [0.05, 0.1) is 18.2 Å². The van der Waals surface area contributed by atoms with Crippen LogP contribution in [0.1, 0.15) is 17.2 Å². The topological polar surface area (TPSA) is 57.1 Å². The third-order valence-corrected chi connectivity index (χ3v) is 5.07. The molecule has 1 unspecified atom stereocenters. The maximum atomic E-state index is 13.1. The van der Waals surface area contributed by atoms with Crippen molar-refractivity contribution in [3.63, 3.8) is 0 Å². The molecule has 0 aliphatic carbocycles. The number of halogens is 4. The van der Waals surface area contributed by atoms with E-state index in [1.165, 1.54) is 6.07 Å². The summed E-state index contributed by atoms with van der Waals surface area (Å²) in [5.74, 6) is 1.32. The summed E-state index contributed by atoms with van der Waals surface area (Å²) >= 11 is 5.87. The average molecular weight is 448 g/mol. The Morgan fingerprint density at radius 1 is 1.00 bits per heavy atom. The summed E-state index contributed by atoms with van der Waals surface area (Å²) in [4.78, 5) is 5.86. The molecule has 1 atom stereocenters. The molecule has 0 saturated heterocycles. The Balaban J connectivity index is 1.60. The SMILES string of the molecule is ONC1=NCC(c2cccc(C(F)(F)F)c2)N1c1ccc(Oc2ccc(Cl)cc2)cc1. The van der Waals surface area contributed by atoms with Gasteiger partial charge in [-0.1, -0.05) is 23.7 Å². The van der Waals surface area contributed by atoms with Crippen molar-refractivity contribution in [3.8, 4) is 11.5 Å². The first-order valence-electron chi connectivity index (χ1n) is 9.29. The number of rotatable bonds is 4. The molecule has 1 heterocycles. The maximum absolute atomic E-state index is 13.1. The Kier molecular flexibility index (Phi) is 5.75. The number of ether oxygens (including phenoxy) is 1. The van der Waals surface area contributed by atoms with Gasteiger partial charge in [-0.25, -0.2) is 10.5 Å². The normalized spacial score (nSPS) is 16.2. The van der Waals surface area contributed by atoms with Gasteiger partial charge in [-0.05, 0) is 66.2 Å². The first kappa shape index (κ1) is 21.0. The summed E-state index contributed by atoms with van der Waals surface area (Å²) in [6.45, 7) is 0.188. The molecular weight excluding hydrogens is 431 g/mol. The second kappa shape index (κ2) is 8.49. The average Bonchev–Trinajstić information content (AvgIpc) is 3.20. The summed E-state index contributed by atoms with van der Waals surface area (Å²) in [6.07, 6.45) is -4.45. The first-order valence-corrected chi connectivity index (χ1v) is 9.67. The minimum Gasteiger partial charge on any atom is -0.457 e. The number of alkyl halides is 3. The second-order valence-electron chi connectivity index (χ2n) is 6.84. The molecule has 1 aliphatic heterocycles. The zero-order valence-corrected chi connectivity index (χ0v) is 16.7. The van der Waals surface area contributed by atoms with Crippen LogP contribution in [-0.4, -0.2) is 17.7 Å². The summed E-state index contributed by atoms with van der Waals surface area (Å²) in [6, 6.07) is 18.4. The summed E-state index contributed by atoms with van der Waals surface area (Å²) in [5.41, 5.74) is 2.36. The van der Waals surface area contributed by atoms with Gasteiger partial charge in [-0.3, -0.25) is 5.21 Å². The molecule has 0 saturated carbocycles.